The molecule has 0 spiro atoms. The van der Waals surface area contributed by atoms with Gasteiger partial charge in [-0.3, -0.25) is 5.32 Å². The van der Waals surface area contributed by atoms with Crippen LogP contribution in [0.1, 0.15) is 49.6 Å². The van der Waals surface area contributed by atoms with Crippen LogP contribution in [0, 0.1) is 12.7 Å². The molecule has 1 N–H and O–H groups in total. The van der Waals surface area contributed by atoms with Gasteiger partial charge in [0, 0.05) is 24.3 Å². The standard InChI is InChI=1S/C31H31FN2O4/c1-20-28(33-30(35)37-21(2)22-7-5-4-6-8-22)29(38-34-20)24-11-14-26(27(32)19-24)23-9-12-25(13-10-23)31(3)15-17-36-18-16-31/h4-14,19,21H,15-18H2,1-3H3,(H,33,35)/t21-/m1/s1. The topological polar surface area (TPSA) is 73.6 Å². The van der Waals surface area contributed by atoms with Gasteiger partial charge in [0.2, 0.25) is 0 Å². The SMILES string of the molecule is Cc1noc(-c2ccc(-c3ccc(C4(C)CCOCC4)cc3)c(F)c2)c1NC(=O)O[C@H](C)c1ccccc1. The lowest BCUT2D eigenvalue weighted by molar-refractivity contribution is 0.0564. The maximum Gasteiger partial charge on any atom is 0.412 e. The van der Waals surface area contributed by atoms with Crippen LogP contribution in [0.25, 0.3) is 22.5 Å². The van der Waals surface area contributed by atoms with E-state index in [9.17, 15) is 4.79 Å². The van der Waals surface area contributed by atoms with Crippen molar-refractivity contribution in [1.82, 2.24) is 5.16 Å². The lowest BCUT2D eigenvalue weighted by Gasteiger charge is -2.34. The summed E-state index contributed by atoms with van der Waals surface area (Å²) in [5.41, 5.74) is 4.73. The van der Waals surface area contributed by atoms with Gasteiger partial charge in [-0.15, -0.1) is 0 Å². The van der Waals surface area contributed by atoms with Crippen molar-refractivity contribution in [3.05, 3.63) is 95.4 Å². The fraction of sp³-hybridized carbons (Fsp3) is 0.290. The molecule has 1 aromatic heterocycles. The van der Waals surface area contributed by atoms with Crippen molar-refractivity contribution >= 4 is 11.8 Å². The van der Waals surface area contributed by atoms with Crippen LogP contribution in [0.4, 0.5) is 14.9 Å². The first-order valence-corrected chi connectivity index (χ1v) is 12.8. The molecule has 1 aliphatic rings. The molecule has 0 saturated carbocycles. The number of hydrogen-bond donors (Lipinski definition) is 1. The smallest absolute Gasteiger partial charge is 0.412 e. The molecule has 1 amide bonds. The average Bonchev–Trinajstić information content (AvgIpc) is 3.29. The maximum atomic E-state index is 15.3. The van der Waals surface area contributed by atoms with Gasteiger partial charge < -0.3 is 14.0 Å². The number of aromatic nitrogens is 1. The molecule has 1 saturated heterocycles. The van der Waals surface area contributed by atoms with E-state index in [1.807, 2.05) is 42.5 Å². The zero-order valence-electron chi connectivity index (χ0n) is 21.8. The minimum absolute atomic E-state index is 0.0762. The Morgan fingerprint density at radius 3 is 2.39 bits per heavy atom. The summed E-state index contributed by atoms with van der Waals surface area (Å²) in [6, 6.07) is 22.4. The van der Waals surface area contributed by atoms with Gasteiger partial charge >= 0.3 is 6.09 Å². The number of hydrogen-bond acceptors (Lipinski definition) is 5. The Bertz CT molecular complexity index is 1410. The number of benzene rings is 3. The van der Waals surface area contributed by atoms with Crippen molar-refractivity contribution in [2.75, 3.05) is 18.5 Å². The van der Waals surface area contributed by atoms with Crippen molar-refractivity contribution in [2.45, 2.75) is 45.1 Å². The molecular weight excluding hydrogens is 483 g/mol. The fourth-order valence-corrected chi connectivity index (χ4v) is 4.85. The number of carbonyl (C=O) groups is 1. The number of anilines is 1. The number of nitrogens with zero attached hydrogens (tertiary/aromatic N) is 1. The van der Waals surface area contributed by atoms with Crippen LogP contribution in [0.15, 0.2) is 77.3 Å². The lowest BCUT2D eigenvalue weighted by Crippen LogP contribution is -2.30. The summed E-state index contributed by atoms with van der Waals surface area (Å²) in [5, 5.41) is 6.69. The van der Waals surface area contributed by atoms with Crippen LogP contribution >= 0.6 is 0 Å². The summed E-state index contributed by atoms with van der Waals surface area (Å²) >= 11 is 0. The summed E-state index contributed by atoms with van der Waals surface area (Å²) in [7, 11) is 0. The molecular formula is C31H31FN2O4. The predicted octanol–water partition coefficient (Wildman–Crippen LogP) is 7.83. The third-order valence-corrected chi connectivity index (χ3v) is 7.36. The van der Waals surface area contributed by atoms with E-state index < -0.39 is 18.0 Å². The van der Waals surface area contributed by atoms with Crippen LogP contribution in [-0.4, -0.2) is 24.5 Å². The molecule has 0 bridgehead atoms. The van der Waals surface area contributed by atoms with Crippen LogP contribution in [0.5, 0.6) is 0 Å². The highest BCUT2D eigenvalue weighted by atomic mass is 19.1. The molecule has 1 fully saturated rings. The second-order valence-corrected chi connectivity index (χ2v) is 10.0. The van der Waals surface area contributed by atoms with Gasteiger partial charge in [-0.25, -0.2) is 9.18 Å². The van der Waals surface area contributed by atoms with Gasteiger partial charge in [0.1, 0.15) is 23.3 Å². The quantitative estimate of drug-likeness (QED) is 0.284. The first-order chi connectivity index (χ1) is 18.3. The van der Waals surface area contributed by atoms with E-state index in [0.29, 0.717) is 22.5 Å². The summed E-state index contributed by atoms with van der Waals surface area (Å²) in [5.74, 6) is -0.132. The van der Waals surface area contributed by atoms with Crippen molar-refractivity contribution in [1.29, 1.82) is 0 Å². The molecule has 6 nitrogen and oxygen atoms in total. The number of amides is 1. The Balaban J connectivity index is 1.33. The summed E-state index contributed by atoms with van der Waals surface area (Å²) in [4.78, 5) is 12.6. The first-order valence-electron chi connectivity index (χ1n) is 12.8. The number of ether oxygens (including phenoxy) is 2. The number of aryl methyl sites for hydroxylation is 1. The number of halogens is 1. The van der Waals surface area contributed by atoms with Crippen LogP contribution in [0.3, 0.4) is 0 Å². The van der Waals surface area contributed by atoms with Crippen molar-refractivity contribution in [3.8, 4) is 22.5 Å². The highest BCUT2D eigenvalue weighted by Crippen LogP contribution is 2.37. The highest BCUT2D eigenvalue weighted by Gasteiger charge is 2.29. The number of carbonyl (C=O) groups excluding carboxylic acids is 1. The average molecular weight is 515 g/mol. The molecule has 5 rings (SSSR count). The van der Waals surface area contributed by atoms with E-state index in [2.05, 4.69) is 29.5 Å². The Morgan fingerprint density at radius 2 is 1.71 bits per heavy atom. The van der Waals surface area contributed by atoms with Crippen LogP contribution < -0.4 is 5.32 Å². The summed E-state index contributed by atoms with van der Waals surface area (Å²) in [6.07, 6.45) is 0.851. The Labute approximate surface area is 221 Å². The maximum absolute atomic E-state index is 15.3. The predicted molar refractivity (Wildman–Crippen MR) is 144 cm³/mol. The second-order valence-electron chi connectivity index (χ2n) is 10.0. The van der Waals surface area contributed by atoms with Crippen LogP contribution in [-0.2, 0) is 14.9 Å². The third-order valence-electron chi connectivity index (χ3n) is 7.36. The van der Waals surface area contributed by atoms with E-state index >= 15 is 4.39 Å². The van der Waals surface area contributed by atoms with Gasteiger partial charge in [-0.1, -0.05) is 78.8 Å². The molecule has 0 radical (unpaired) electrons. The molecule has 1 atom stereocenters. The van der Waals surface area contributed by atoms with E-state index in [-0.39, 0.29) is 11.2 Å². The van der Waals surface area contributed by atoms with Gasteiger partial charge in [0.15, 0.2) is 5.76 Å². The lowest BCUT2D eigenvalue weighted by atomic mass is 9.76. The van der Waals surface area contributed by atoms with Crippen molar-refractivity contribution in [2.24, 2.45) is 0 Å². The normalized spacial score (nSPS) is 15.6. The molecule has 38 heavy (non-hydrogen) atoms. The fourth-order valence-electron chi connectivity index (χ4n) is 4.85. The van der Waals surface area contributed by atoms with E-state index in [4.69, 9.17) is 14.0 Å². The molecule has 3 aromatic carbocycles. The molecule has 4 aromatic rings. The molecule has 7 heteroatoms. The summed E-state index contributed by atoms with van der Waals surface area (Å²) in [6.45, 7) is 7.27. The first kappa shape index (κ1) is 25.7. The zero-order chi connectivity index (χ0) is 26.7. The number of nitrogens with one attached hydrogen (secondary N) is 1. The highest BCUT2D eigenvalue weighted by molar-refractivity contribution is 5.91. The monoisotopic (exact) mass is 514 g/mol. The third kappa shape index (κ3) is 5.34. The van der Waals surface area contributed by atoms with Gasteiger partial charge in [0.25, 0.3) is 0 Å². The molecule has 1 aliphatic heterocycles. The molecule has 2 heterocycles. The Hall–Kier alpha value is -3.97. The van der Waals surface area contributed by atoms with Gasteiger partial charge in [-0.2, -0.15) is 0 Å². The van der Waals surface area contributed by atoms with Crippen LogP contribution in [0.2, 0.25) is 0 Å². The minimum Gasteiger partial charge on any atom is -0.441 e. The summed E-state index contributed by atoms with van der Waals surface area (Å²) < 4.78 is 31.8. The molecule has 0 unspecified atom stereocenters. The Kier molecular flexibility index (Phi) is 7.29. The zero-order valence-corrected chi connectivity index (χ0v) is 21.8. The van der Waals surface area contributed by atoms with E-state index in [1.54, 1.807) is 26.0 Å². The van der Waals surface area contributed by atoms with E-state index in [1.165, 1.54) is 11.6 Å². The van der Waals surface area contributed by atoms with Crippen molar-refractivity contribution < 1.29 is 23.2 Å². The number of rotatable bonds is 6. The second kappa shape index (κ2) is 10.8. The van der Waals surface area contributed by atoms with E-state index in [0.717, 1.165) is 37.2 Å². The largest absolute Gasteiger partial charge is 0.441 e. The molecule has 0 aliphatic carbocycles. The van der Waals surface area contributed by atoms with Crippen molar-refractivity contribution in [3.63, 3.8) is 0 Å². The van der Waals surface area contributed by atoms with Gasteiger partial charge in [0.05, 0.1) is 0 Å². The minimum atomic E-state index is -0.649. The Morgan fingerprint density at radius 1 is 1.03 bits per heavy atom. The molecule has 196 valence electrons. The van der Waals surface area contributed by atoms with Gasteiger partial charge in [-0.05, 0) is 54.9 Å².